The quantitative estimate of drug-likeness (QED) is 0.623. The summed E-state index contributed by atoms with van der Waals surface area (Å²) in [7, 11) is -1.89. The Hall–Kier alpha value is -1.82. The van der Waals surface area contributed by atoms with E-state index < -0.39 is 15.8 Å². The van der Waals surface area contributed by atoms with Crippen molar-refractivity contribution >= 4 is 21.5 Å². The van der Waals surface area contributed by atoms with Gasteiger partial charge in [0.1, 0.15) is 0 Å². The maximum Gasteiger partial charge on any atom is 0.330 e. The molecule has 108 valence electrons. The summed E-state index contributed by atoms with van der Waals surface area (Å²) in [6, 6.07) is 6.97. The molecule has 0 fully saturated rings. The Kier molecular flexibility index (Phi) is 4.44. The molecule has 6 heteroatoms. The molecule has 0 unspecified atom stereocenters. The number of fused-ring (bicyclic) bond motifs is 1. The van der Waals surface area contributed by atoms with Crippen LogP contribution >= 0.6 is 0 Å². The molecule has 1 heterocycles. The van der Waals surface area contributed by atoms with E-state index in [1.807, 2.05) is 11.0 Å². The number of nitrogens with zero attached hydrogens (tertiary/aromatic N) is 1. The van der Waals surface area contributed by atoms with Crippen molar-refractivity contribution in [3.05, 3.63) is 36.4 Å². The highest BCUT2D eigenvalue weighted by atomic mass is 32.2. The molecule has 1 aromatic carbocycles. The van der Waals surface area contributed by atoms with Crippen LogP contribution in [0.5, 0.6) is 0 Å². The van der Waals surface area contributed by atoms with Crippen molar-refractivity contribution in [1.29, 1.82) is 0 Å². The number of carbonyl (C=O) groups is 1. The SMILES string of the molecule is COC(=O)/C=C/CN1CCCS(=O)(=O)c2ccccc21. The van der Waals surface area contributed by atoms with Gasteiger partial charge in [0.05, 0.1) is 23.4 Å². The molecule has 0 radical (unpaired) electrons. The highest BCUT2D eigenvalue weighted by Crippen LogP contribution is 2.29. The standard InChI is InChI=1S/C14H17NO4S/c1-19-14(16)8-4-9-15-10-5-11-20(17,18)13-7-3-2-6-12(13)15/h2-4,6-8H,5,9-11H2,1H3/b8-4+. The van der Waals surface area contributed by atoms with Gasteiger partial charge in [-0.15, -0.1) is 0 Å². The second-order valence-corrected chi connectivity index (χ2v) is 6.59. The highest BCUT2D eigenvalue weighted by Gasteiger charge is 2.24. The van der Waals surface area contributed by atoms with E-state index >= 15 is 0 Å². The van der Waals surface area contributed by atoms with Crippen LogP contribution in [0.25, 0.3) is 0 Å². The molecule has 5 nitrogen and oxygen atoms in total. The lowest BCUT2D eigenvalue weighted by Crippen LogP contribution is -2.24. The summed E-state index contributed by atoms with van der Waals surface area (Å²) in [5.41, 5.74) is 0.694. The minimum absolute atomic E-state index is 0.154. The molecule has 0 aliphatic carbocycles. The highest BCUT2D eigenvalue weighted by molar-refractivity contribution is 7.91. The minimum Gasteiger partial charge on any atom is -0.466 e. The van der Waals surface area contributed by atoms with Crippen LogP contribution in [0.1, 0.15) is 6.42 Å². The fourth-order valence-corrected chi connectivity index (χ4v) is 3.72. The molecule has 0 amide bonds. The molecule has 0 aromatic heterocycles. The first-order chi connectivity index (χ1) is 9.54. The van der Waals surface area contributed by atoms with Gasteiger partial charge in [0.15, 0.2) is 9.84 Å². The predicted octanol–water partition coefficient (Wildman–Crippen LogP) is 1.40. The number of benzene rings is 1. The zero-order chi connectivity index (χ0) is 14.6. The van der Waals surface area contributed by atoms with Crippen molar-refractivity contribution in [2.45, 2.75) is 11.3 Å². The Bertz CT molecular complexity index is 622. The maximum atomic E-state index is 12.1. The lowest BCUT2D eigenvalue weighted by molar-refractivity contribution is -0.134. The molecule has 0 saturated heterocycles. The molecule has 0 saturated carbocycles. The monoisotopic (exact) mass is 295 g/mol. The fourth-order valence-electron chi connectivity index (χ4n) is 2.19. The van der Waals surface area contributed by atoms with Crippen LogP contribution < -0.4 is 4.90 Å². The smallest absolute Gasteiger partial charge is 0.330 e. The zero-order valence-electron chi connectivity index (χ0n) is 11.3. The van der Waals surface area contributed by atoms with E-state index in [1.54, 1.807) is 24.3 Å². The second kappa shape index (κ2) is 6.09. The Balaban J connectivity index is 2.27. The van der Waals surface area contributed by atoms with E-state index in [9.17, 15) is 13.2 Å². The number of esters is 1. The van der Waals surface area contributed by atoms with Gasteiger partial charge in [-0.3, -0.25) is 0 Å². The van der Waals surface area contributed by atoms with Crippen LogP contribution in [-0.2, 0) is 19.4 Å². The van der Waals surface area contributed by atoms with Gasteiger partial charge in [0.25, 0.3) is 0 Å². The normalized spacial score (nSPS) is 17.6. The molecule has 1 aliphatic rings. The molecule has 20 heavy (non-hydrogen) atoms. The van der Waals surface area contributed by atoms with Crippen molar-refractivity contribution in [3.63, 3.8) is 0 Å². The molecular formula is C14H17NO4S. The third kappa shape index (κ3) is 3.19. The number of hydrogen-bond donors (Lipinski definition) is 0. The maximum absolute atomic E-state index is 12.1. The average molecular weight is 295 g/mol. The van der Waals surface area contributed by atoms with Crippen LogP contribution in [0, 0.1) is 0 Å². The molecule has 0 N–H and O–H groups in total. The summed E-state index contributed by atoms with van der Waals surface area (Å²) in [6.45, 7) is 1.11. The van der Waals surface area contributed by atoms with Crippen molar-refractivity contribution < 1.29 is 17.9 Å². The first-order valence-corrected chi connectivity index (χ1v) is 8.01. The van der Waals surface area contributed by atoms with Crippen LogP contribution in [0.15, 0.2) is 41.3 Å². The van der Waals surface area contributed by atoms with E-state index in [1.165, 1.54) is 13.2 Å². The summed E-state index contributed by atoms with van der Waals surface area (Å²) in [4.78, 5) is 13.4. The van der Waals surface area contributed by atoms with Crippen molar-refractivity contribution in [2.24, 2.45) is 0 Å². The van der Waals surface area contributed by atoms with Gasteiger partial charge >= 0.3 is 5.97 Å². The summed E-state index contributed by atoms with van der Waals surface area (Å²) < 4.78 is 28.8. The molecular weight excluding hydrogens is 278 g/mol. The average Bonchev–Trinajstić information content (AvgIpc) is 2.57. The van der Waals surface area contributed by atoms with E-state index in [-0.39, 0.29) is 5.75 Å². The number of methoxy groups -OCH3 is 1. The summed E-state index contributed by atoms with van der Waals surface area (Å²) >= 11 is 0. The number of sulfone groups is 1. The number of para-hydroxylation sites is 1. The largest absolute Gasteiger partial charge is 0.466 e. The number of hydrogen-bond acceptors (Lipinski definition) is 5. The number of carbonyl (C=O) groups excluding carboxylic acids is 1. The van der Waals surface area contributed by atoms with Crippen molar-refractivity contribution in [1.82, 2.24) is 0 Å². The molecule has 0 atom stereocenters. The molecule has 0 spiro atoms. The number of ether oxygens (including phenoxy) is 1. The third-order valence-electron chi connectivity index (χ3n) is 3.16. The molecule has 1 aliphatic heterocycles. The second-order valence-electron chi connectivity index (χ2n) is 4.51. The fraction of sp³-hybridized carbons (Fsp3) is 0.357. The van der Waals surface area contributed by atoms with Crippen molar-refractivity contribution in [2.75, 3.05) is 30.9 Å². The van der Waals surface area contributed by atoms with Gasteiger partial charge in [0.2, 0.25) is 0 Å². The van der Waals surface area contributed by atoms with E-state index in [4.69, 9.17) is 0 Å². The Labute approximate surface area is 118 Å². The number of anilines is 1. The molecule has 2 rings (SSSR count). The van der Waals surface area contributed by atoms with E-state index in [2.05, 4.69) is 4.74 Å². The topological polar surface area (TPSA) is 63.7 Å². The zero-order valence-corrected chi connectivity index (χ0v) is 12.1. The van der Waals surface area contributed by atoms with Crippen LogP contribution in [-0.4, -0.2) is 40.3 Å². The first-order valence-electron chi connectivity index (χ1n) is 6.36. The Morgan fingerprint density at radius 1 is 1.40 bits per heavy atom. The lowest BCUT2D eigenvalue weighted by Gasteiger charge is -2.22. The lowest BCUT2D eigenvalue weighted by atomic mass is 10.2. The Morgan fingerprint density at radius 3 is 2.90 bits per heavy atom. The van der Waals surface area contributed by atoms with Crippen molar-refractivity contribution in [3.8, 4) is 0 Å². The van der Waals surface area contributed by atoms with E-state index in [0.717, 1.165) is 0 Å². The van der Waals surface area contributed by atoms with Gasteiger partial charge in [-0.25, -0.2) is 13.2 Å². The van der Waals surface area contributed by atoms with Crippen LogP contribution in [0.3, 0.4) is 0 Å². The molecule has 1 aromatic rings. The summed E-state index contributed by atoms with van der Waals surface area (Å²) in [5.74, 6) is -0.262. The van der Waals surface area contributed by atoms with Crippen LogP contribution in [0.2, 0.25) is 0 Å². The third-order valence-corrected chi connectivity index (χ3v) is 5.00. The molecule has 0 bridgehead atoms. The van der Waals surface area contributed by atoms with Crippen LogP contribution in [0.4, 0.5) is 5.69 Å². The minimum atomic E-state index is -3.21. The van der Waals surface area contributed by atoms with E-state index in [0.29, 0.717) is 30.1 Å². The van der Waals surface area contributed by atoms with Gasteiger partial charge < -0.3 is 9.64 Å². The van der Waals surface area contributed by atoms with Gasteiger partial charge in [0, 0.05) is 19.2 Å². The first kappa shape index (κ1) is 14.6. The summed E-state index contributed by atoms with van der Waals surface area (Å²) in [6.07, 6.45) is 3.60. The number of rotatable bonds is 3. The van der Waals surface area contributed by atoms with Gasteiger partial charge in [-0.05, 0) is 18.6 Å². The van der Waals surface area contributed by atoms with Gasteiger partial charge in [-0.1, -0.05) is 18.2 Å². The van der Waals surface area contributed by atoms with Gasteiger partial charge in [-0.2, -0.15) is 0 Å². The predicted molar refractivity (Wildman–Crippen MR) is 76.5 cm³/mol. The summed E-state index contributed by atoms with van der Waals surface area (Å²) in [5, 5.41) is 0. The Morgan fingerprint density at radius 2 is 2.15 bits per heavy atom.